The number of anilines is 1. The molecule has 1 heterocycles. The Bertz CT molecular complexity index is 946. The molecule has 8 heteroatoms. The highest BCUT2D eigenvalue weighted by molar-refractivity contribution is 9.15. The molecule has 1 aliphatic heterocycles. The van der Waals surface area contributed by atoms with Crippen molar-refractivity contribution < 1.29 is 23.8 Å². The molecule has 0 spiro atoms. The van der Waals surface area contributed by atoms with Crippen molar-refractivity contribution in [2.45, 2.75) is 19.6 Å². The molecule has 2 N–H and O–H groups in total. The number of carbonyl (C=O) groups is 2. The second-order valence-corrected chi connectivity index (χ2v) is 7.46. The minimum absolute atomic E-state index is 0.0394. The molecule has 6 nitrogen and oxygen atoms in total. The monoisotopic (exact) mass is 462 g/mol. The van der Waals surface area contributed by atoms with Crippen molar-refractivity contribution in [1.82, 2.24) is 5.32 Å². The average molecular weight is 463 g/mol. The van der Waals surface area contributed by atoms with Gasteiger partial charge >= 0.3 is 6.09 Å². The standard InChI is InChI=1S/C21H20BrFN2O4/c1-13(27)24-10-18-11-25(21(28)29-18)17-7-6-16(20(23)9-17)8-19(22)15-4-2-14(12-26)3-5-15/h2-9,18,26H,10-12H2,1H3,(H,24,27)/t18-/m0/s1. The number of benzene rings is 2. The van der Waals surface area contributed by atoms with Crippen LogP contribution in [0.15, 0.2) is 42.5 Å². The van der Waals surface area contributed by atoms with Crippen molar-refractivity contribution in [3.63, 3.8) is 0 Å². The third kappa shape index (κ3) is 5.21. The fourth-order valence-corrected chi connectivity index (χ4v) is 3.40. The molecular formula is C21H20BrFN2O4. The number of aliphatic hydroxyl groups is 1. The van der Waals surface area contributed by atoms with Gasteiger partial charge in [-0.25, -0.2) is 9.18 Å². The maximum Gasteiger partial charge on any atom is 0.414 e. The van der Waals surface area contributed by atoms with Gasteiger partial charge in [0.2, 0.25) is 5.91 Å². The summed E-state index contributed by atoms with van der Waals surface area (Å²) in [5.41, 5.74) is 2.38. The van der Waals surface area contributed by atoms with Crippen LogP contribution in [-0.2, 0) is 16.1 Å². The van der Waals surface area contributed by atoms with Crippen LogP contribution in [0.2, 0.25) is 0 Å². The van der Waals surface area contributed by atoms with E-state index in [1.165, 1.54) is 17.9 Å². The third-order valence-corrected chi connectivity index (χ3v) is 5.13. The van der Waals surface area contributed by atoms with Gasteiger partial charge in [-0.05, 0) is 35.4 Å². The van der Waals surface area contributed by atoms with Crippen LogP contribution in [0, 0.1) is 5.82 Å². The maximum absolute atomic E-state index is 14.6. The molecule has 1 aliphatic rings. The number of hydrogen-bond donors (Lipinski definition) is 2. The molecular weight excluding hydrogens is 443 g/mol. The Labute approximate surface area is 176 Å². The second kappa shape index (κ2) is 9.19. The van der Waals surface area contributed by atoms with Crippen LogP contribution in [0.4, 0.5) is 14.9 Å². The van der Waals surface area contributed by atoms with E-state index in [-0.39, 0.29) is 25.6 Å². The number of carbonyl (C=O) groups excluding carboxylic acids is 2. The van der Waals surface area contributed by atoms with E-state index in [4.69, 9.17) is 9.84 Å². The van der Waals surface area contributed by atoms with Crippen molar-refractivity contribution in [2.75, 3.05) is 18.0 Å². The normalized spacial score (nSPS) is 16.7. The van der Waals surface area contributed by atoms with Gasteiger partial charge in [0.25, 0.3) is 0 Å². The number of hydrogen-bond acceptors (Lipinski definition) is 4. The quantitative estimate of drug-likeness (QED) is 0.641. The Kier molecular flexibility index (Phi) is 6.66. The fraction of sp³-hybridized carbons (Fsp3) is 0.238. The summed E-state index contributed by atoms with van der Waals surface area (Å²) in [5.74, 6) is -0.692. The summed E-state index contributed by atoms with van der Waals surface area (Å²) in [7, 11) is 0. The summed E-state index contributed by atoms with van der Waals surface area (Å²) < 4.78 is 20.5. The van der Waals surface area contributed by atoms with Crippen LogP contribution in [0.1, 0.15) is 23.6 Å². The van der Waals surface area contributed by atoms with Gasteiger partial charge < -0.3 is 15.2 Å². The Morgan fingerprint density at radius 3 is 2.69 bits per heavy atom. The van der Waals surface area contributed by atoms with E-state index in [9.17, 15) is 14.0 Å². The first-order chi connectivity index (χ1) is 13.9. The number of aliphatic hydroxyl groups excluding tert-OH is 1. The SMILES string of the molecule is CC(=O)NC[C@H]1CN(c2ccc(C=C(Br)c3ccc(CO)cc3)c(F)c2)C(=O)O1. The number of rotatable bonds is 6. The predicted molar refractivity (Wildman–Crippen MR) is 112 cm³/mol. The van der Waals surface area contributed by atoms with E-state index in [0.29, 0.717) is 15.7 Å². The molecule has 1 atom stereocenters. The largest absolute Gasteiger partial charge is 0.442 e. The van der Waals surface area contributed by atoms with Crippen LogP contribution in [-0.4, -0.2) is 36.3 Å². The molecule has 2 aromatic rings. The minimum Gasteiger partial charge on any atom is -0.442 e. The zero-order valence-electron chi connectivity index (χ0n) is 15.7. The highest BCUT2D eigenvalue weighted by Gasteiger charge is 2.32. The van der Waals surface area contributed by atoms with Crippen LogP contribution in [0.5, 0.6) is 0 Å². The van der Waals surface area contributed by atoms with Gasteiger partial charge in [0.1, 0.15) is 11.9 Å². The van der Waals surface area contributed by atoms with Gasteiger partial charge in [0, 0.05) is 17.0 Å². The number of cyclic esters (lactones) is 1. The topological polar surface area (TPSA) is 78.9 Å². The molecule has 2 aromatic carbocycles. The zero-order valence-corrected chi connectivity index (χ0v) is 17.3. The molecule has 0 aromatic heterocycles. The summed E-state index contributed by atoms with van der Waals surface area (Å²) in [6, 6.07) is 11.7. The average Bonchev–Trinajstić information content (AvgIpc) is 3.08. The Morgan fingerprint density at radius 2 is 2.07 bits per heavy atom. The van der Waals surface area contributed by atoms with Crippen molar-refractivity contribution >= 4 is 44.2 Å². The lowest BCUT2D eigenvalue weighted by molar-refractivity contribution is -0.119. The smallest absolute Gasteiger partial charge is 0.414 e. The van der Waals surface area contributed by atoms with Crippen LogP contribution in [0.3, 0.4) is 0 Å². The van der Waals surface area contributed by atoms with Gasteiger partial charge in [0.15, 0.2) is 0 Å². The van der Waals surface area contributed by atoms with E-state index >= 15 is 0 Å². The lowest BCUT2D eigenvalue weighted by Gasteiger charge is -2.14. The van der Waals surface area contributed by atoms with E-state index in [1.807, 2.05) is 12.1 Å². The van der Waals surface area contributed by atoms with Crippen molar-refractivity contribution in [3.8, 4) is 0 Å². The Balaban J connectivity index is 1.74. The molecule has 1 fully saturated rings. The van der Waals surface area contributed by atoms with E-state index in [1.54, 1.807) is 30.3 Å². The van der Waals surface area contributed by atoms with Crippen LogP contribution >= 0.6 is 15.9 Å². The maximum atomic E-state index is 14.6. The lowest BCUT2D eigenvalue weighted by atomic mass is 10.1. The van der Waals surface area contributed by atoms with Gasteiger partial charge in [-0.1, -0.05) is 40.2 Å². The van der Waals surface area contributed by atoms with E-state index in [0.717, 1.165) is 11.1 Å². The molecule has 3 rings (SSSR count). The number of nitrogens with one attached hydrogen (secondary N) is 1. The van der Waals surface area contributed by atoms with Crippen molar-refractivity contribution in [2.24, 2.45) is 0 Å². The molecule has 2 amide bonds. The Hall–Kier alpha value is -2.71. The minimum atomic E-state index is -0.576. The number of ether oxygens (including phenoxy) is 1. The fourth-order valence-electron chi connectivity index (χ4n) is 2.89. The molecule has 1 saturated heterocycles. The molecule has 0 unspecified atom stereocenters. The van der Waals surface area contributed by atoms with Crippen LogP contribution in [0.25, 0.3) is 10.6 Å². The van der Waals surface area contributed by atoms with Gasteiger partial charge in [-0.2, -0.15) is 0 Å². The highest BCUT2D eigenvalue weighted by atomic mass is 79.9. The second-order valence-electron chi connectivity index (χ2n) is 6.61. The van der Waals surface area contributed by atoms with Gasteiger partial charge in [-0.15, -0.1) is 0 Å². The summed E-state index contributed by atoms with van der Waals surface area (Å²) in [6.07, 6.45) is 0.591. The predicted octanol–water partition coefficient (Wildman–Crippen LogP) is 3.67. The molecule has 0 saturated carbocycles. The first kappa shape index (κ1) is 21.0. The summed E-state index contributed by atoms with van der Waals surface area (Å²) in [5, 5.41) is 11.7. The number of halogens is 2. The molecule has 0 aliphatic carbocycles. The van der Waals surface area contributed by atoms with Crippen molar-refractivity contribution in [3.05, 3.63) is 65.0 Å². The molecule has 152 valence electrons. The van der Waals surface area contributed by atoms with E-state index < -0.39 is 18.0 Å². The van der Waals surface area contributed by atoms with E-state index in [2.05, 4.69) is 21.2 Å². The third-order valence-electron chi connectivity index (χ3n) is 4.44. The van der Waals surface area contributed by atoms with Gasteiger partial charge in [0.05, 0.1) is 25.4 Å². The molecule has 0 radical (unpaired) electrons. The van der Waals surface area contributed by atoms with Crippen LogP contribution < -0.4 is 10.2 Å². The molecule has 0 bridgehead atoms. The lowest BCUT2D eigenvalue weighted by Crippen LogP contribution is -2.33. The Morgan fingerprint density at radius 1 is 1.34 bits per heavy atom. The van der Waals surface area contributed by atoms with Gasteiger partial charge in [-0.3, -0.25) is 9.69 Å². The highest BCUT2D eigenvalue weighted by Crippen LogP contribution is 2.28. The number of amides is 2. The summed E-state index contributed by atoms with van der Waals surface area (Å²) in [6.45, 7) is 1.79. The summed E-state index contributed by atoms with van der Waals surface area (Å²) in [4.78, 5) is 24.4. The zero-order chi connectivity index (χ0) is 21.0. The first-order valence-corrected chi connectivity index (χ1v) is 9.76. The van der Waals surface area contributed by atoms with Crippen molar-refractivity contribution in [1.29, 1.82) is 0 Å². The summed E-state index contributed by atoms with van der Waals surface area (Å²) >= 11 is 3.45. The number of nitrogens with zero attached hydrogens (tertiary/aromatic N) is 1. The first-order valence-electron chi connectivity index (χ1n) is 8.97. The molecule has 29 heavy (non-hydrogen) atoms.